The summed E-state index contributed by atoms with van der Waals surface area (Å²) in [7, 11) is 0. The van der Waals surface area contributed by atoms with Gasteiger partial charge < -0.3 is 10.4 Å². The molecule has 80 valence electrons. The maximum Gasteiger partial charge on any atom is 0.0431 e. The van der Waals surface area contributed by atoms with E-state index in [1.165, 1.54) is 5.75 Å². The molecular formula is C10H23NOS. The topological polar surface area (TPSA) is 32.3 Å². The van der Waals surface area contributed by atoms with Gasteiger partial charge in [0, 0.05) is 12.6 Å². The molecule has 0 fully saturated rings. The number of aliphatic hydroxyl groups excluding tert-OH is 1. The molecule has 0 rings (SSSR count). The molecule has 0 aromatic carbocycles. The average Bonchev–Trinajstić information content (AvgIpc) is 2.12. The van der Waals surface area contributed by atoms with Crippen LogP contribution in [0.2, 0.25) is 0 Å². The largest absolute Gasteiger partial charge is 0.396 e. The Morgan fingerprint density at radius 1 is 1.38 bits per heavy atom. The Morgan fingerprint density at radius 2 is 2.08 bits per heavy atom. The average molecular weight is 205 g/mol. The van der Waals surface area contributed by atoms with Crippen LogP contribution in [0.25, 0.3) is 0 Å². The molecule has 13 heavy (non-hydrogen) atoms. The van der Waals surface area contributed by atoms with Gasteiger partial charge in [0.2, 0.25) is 0 Å². The molecule has 0 saturated heterocycles. The molecule has 2 atom stereocenters. The third-order valence-electron chi connectivity index (χ3n) is 2.06. The minimum atomic E-state index is 0.312. The van der Waals surface area contributed by atoms with Crippen LogP contribution in [-0.2, 0) is 0 Å². The van der Waals surface area contributed by atoms with Gasteiger partial charge in [-0.2, -0.15) is 11.8 Å². The van der Waals surface area contributed by atoms with E-state index in [1.807, 2.05) is 11.8 Å². The summed E-state index contributed by atoms with van der Waals surface area (Å²) in [6, 6.07) is 0.538. The van der Waals surface area contributed by atoms with Crippen LogP contribution in [0.3, 0.4) is 0 Å². The quantitative estimate of drug-likeness (QED) is 0.633. The molecular weight excluding hydrogens is 182 g/mol. The van der Waals surface area contributed by atoms with Crippen LogP contribution in [-0.4, -0.2) is 36.3 Å². The van der Waals surface area contributed by atoms with Crippen molar-refractivity contribution in [2.45, 2.75) is 32.7 Å². The van der Waals surface area contributed by atoms with E-state index in [0.29, 0.717) is 12.6 Å². The van der Waals surface area contributed by atoms with E-state index in [1.54, 1.807) is 0 Å². The summed E-state index contributed by atoms with van der Waals surface area (Å²) in [6.45, 7) is 5.85. The molecule has 0 aliphatic rings. The van der Waals surface area contributed by atoms with Gasteiger partial charge in [-0.15, -0.1) is 0 Å². The lowest BCUT2D eigenvalue weighted by Gasteiger charge is -2.16. The third-order valence-corrected chi connectivity index (χ3v) is 2.96. The lowest BCUT2D eigenvalue weighted by Crippen LogP contribution is -2.31. The number of aliphatic hydroxyl groups is 1. The first-order valence-electron chi connectivity index (χ1n) is 5.03. The summed E-state index contributed by atoms with van der Waals surface area (Å²) in [4.78, 5) is 0. The zero-order valence-corrected chi connectivity index (χ0v) is 9.86. The van der Waals surface area contributed by atoms with Gasteiger partial charge in [-0.1, -0.05) is 6.92 Å². The zero-order valence-electron chi connectivity index (χ0n) is 9.05. The van der Waals surface area contributed by atoms with Crippen LogP contribution in [0.4, 0.5) is 0 Å². The molecule has 2 nitrogen and oxygen atoms in total. The van der Waals surface area contributed by atoms with Crippen LogP contribution in [0.5, 0.6) is 0 Å². The van der Waals surface area contributed by atoms with Crippen LogP contribution < -0.4 is 5.32 Å². The summed E-state index contributed by atoms with van der Waals surface area (Å²) in [5.41, 5.74) is 0. The molecule has 0 aliphatic heterocycles. The van der Waals surface area contributed by atoms with Gasteiger partial charge in [-0.3, -0.25) is 0 Å². The van der Waals surface area contributed by atoms with Gasteiger partial charge in [-0.05, 0) is 44.2 Å². The Kier molecular flexibility index (Phi) is 9.03. The van der Waals surface area contributed by atoms with Crippen molar-refractivity contribution >= 4 is 11.8 Å². The highest BCUT2D eigenvalue weighted by atomic mass is 32.2. The fourth-order valence-corrected chi connectivity index (χ4v) is 1.93. The first-order chi connectivity index (χ1) is 6.20. The Labute approximate surface area is 86.5 Å². The molecule has 3 heteroatoms. The van der Waals surface area contributed by atoms with Gasteiger partial charge in [0.15, 0.2) is 0 Å². The maximum absolute atomic E-state index is 8.65. The molecule has 0 aliphatic carbocycles. The smallest absolute Gasteiger partial charge is 0.0431 e. The Balaban J connectivity index is 3.29. The van der Waals surface area contributed by atoms with Crippen LogP contribution in [0.15, 0.2) is 0 Å². The van der Waals surface area contributed by atoms with Gasteiger partial charge in [-0.25, -0.2) is 0 Å². The molecule has 2 unspecified atom stereocenters. The van der Waals surface area contributed by atoms with E-state index in [9.17, 15) is 0 Å². The predicted molar refractivity (Wildman–Crippen MR) is 61.3 cm³/mol. The van der Waals surface area contributed by atoms with Gasteiger partial charge in [0.1, 0.15) is 0 Å². The van der Waals surface area contributed by atoms with Crippen molar-refractivity contribution in [3.05, 3.63) is 0 Å². The lowest BCUT2D eigenvalue weighted by atomic mass is 10.1. The fourth-order valence-electron chi connectivity index (χ4n) is 1.25. The highest BCUT2D eigenvalue weighted by Gasteiger charge is 2.04. The monoisotopic (exact) mass is 205 g/mol. The van der Waals surface area contributed by atoms with Crippen molar-refractivity contribution in [1.82, 2.24) is 5.32 Å². The molecule has 0 bridgehead atoms. The van der Waals surface area contributed by atoms with Crippen LogP contribution >= 0.6 is 11.8 Å². The molecule has 0 aromatic rings. The standard InChI is InChI=1S/C10H23NOS/c1-9(8-13-3)7-11-10(2)5-4-6-12/h9-12H,4-8H2,1-3H3. The van der Waals surface area contributed by atoms with Crippen molar-refractivity contribution < 1.29 is 5.11 Å². The van der Waals surface area contributed by atoms with E-state index in [-0.39, 0.29) is 0 Å². The van der Waals surface area contributed by atoms with Crippen LogP contribution in [0.1, 0.15) is 26.7 Å². The number of hydrogen-bond acceptors (Lipinski definition) is 3. The minimum Gasteiger partial charge on any atom is -0.396 e. The molecule has 0 radical (unpaired) electrons. The van der Waals surface area contributed by atoms with Gasteiger partial charge >= 0.3 is 0 Å². The lowest BCUT2D eigenvalue weighted by molar-refractivity contribution is 0.276. The summed E-state index contributed by atoms with van der Waals surface area (Å²) >= 11 is 1.90. The van der Waals surface area contributed by atoms with Crippen molar-refractivity contribution in [3.8, 4) is 0 Å². The Hall–Kier alpha value is 0.270. The van der Waals surface area contributed by atoms with E-state index in [4.69, 9.17) is 5.11 Å². The Bertz CT molecular complexity index is 111. The van der Waals surface area contributed by atoms with Gasteiger partial charge in [0.25, 0.3) is 0 Å². The Morgan fingerprint density at radius 3 is 2.62 bits per heavy atom. The van der Waals surface area contributed by atoms with E-state index >= 15 is 0 Å². The van der Waals surface area contributed by atoms with Crippen molar-refractivity contribution in [3.63, 3.8) is 0 Å². The molecule has 0 spiro atoms. The minimum absolute atomic E-state index is 0.312. The van der Waals surface area contributed by atoms with Crippen molar-refractivity contribution in [2.24, 2.45) is 5.92 Å². The van der Waals surface area contributed by atoms with Crippen molar-refractivity contribution in [1.29, 1.82) is 0 Å². The van der Waals surface area contributed by atoms with Crippen LogP contribution in [0, 0.1) is 5.92 Å². The second-order valence-corrected chi connectivity index (χ2v) is 4.65. The zero-order chi connectivity index (χ0) is 10.1. The molecule has 2 N–H and O–H groups in total. The number of hydrogen-bond donors (Lipinski definition) is 2. The molecule has 0 aromatic heterocycles. The maximum atomic E-state index is 8.65. The molecule has 0 saturated carbocycles. The van der Waals surface area contributed by atoms with Gasteiger partial charge in [0.05, 0.1) is 0 Å². The SMILES string of the molecule is CSCC(C)CNC(C)CCCO. The first-order valence-corrected chi connectivity index (χ1v) is 6.43. The second kappa shape index (κ2) is 8.85. The van der Waals surface area contributed by atoms with E-state index < -0.39 is 0 Å². The summed E-state index contributed by atoms with van der Waals surface area (Å²) in [5, 5.41) is 12.1. The van der Waals surface area contributed by atoms with E-state index in [0.717, 1.165) is 25.3 Å². The normalized spacial score (nSPS) is 15.7. The highest BCUT2D eigenvalue weighted by molar-refractivity contribution is 7.98. The summed E-state index contributed by atoms with van der Waals surface area (Å²) in [5.74, 6) is 1.96. The highest BCUT2D eigenvalue weighted by Crippen LogP contribution is 2.04. The number of nitrogens with one attached hydrogen (secondary N) is 1. The first kappa shape index (κ1) is 13.3. The summed E-state index contributed by atoms with van der Waals surface area (Å²) < 4.78 is 0. The fraction of sp³-hybridized carbons (Fsp3) is 1.00. The number of thioether (sulfide) groups is 1. The molecule has 0 amide bonds. The van der Waals surface area contributed by atoms with Crippen molar-refractivity contribution in [2.75, 3.05) is 25.2 Å². The molecule has 0 heterocycles. The third kappa shape index (κ3) is 8.60. The second-order valence-electron chi connectivity index (χ2n) is 3.74. The predicted octanol–water partition coefficient (Wildman–Crippen LogP) is 1.74. The van der Waals surface area contributed by atoms with E-state index in [2.05, 4.69) is 25.4 Å². The number of rotatable bonds is 8. The summed E-state index contributed by atoms with van der Waals surface area (Å²) in [6.07, 6.45) is 4.12.